The third-order valence-corrected chi connectivity index (χ3v) is 2.60. The van der Waals surface area contributed by atoms with Crippen molar-refractivity contribution >= 4 is 16.9 Å². The van der Waals surface area contributed by atoms with Crippen LogP contribution in [0.2, 0.25) is 0 Å². The fourth-order valence-corrected chi connectivity index (χ4v) is 1.44. The second-order valence-corrected chi connectivity index (χ2v) is 4.04. The van der Waals surface area contributed by atoms with Crippen molar-refractivity contribution in [3.63, 3.8) is 0 Å². The number of nitrogens with one attached hydrogen (secondary N) is 1. The van der Waals surface area contributed by atoms with Gasteiger partial charge in [-0.15, -0.1) is 0 Å². The summed E-state index contributed by atoms with van der Waals surface area (Å²) in [4.78, 5) is 8.53. The van der Waals surface area contributed by atoms with Gasteiger partial charge in [0.15, 0.2) is 0 Å². The first-order valence-corrected chi connectivity index (χ1v) is 5.56. The standard InChI is InChI=1S/C12H16N4O/c1-8(17)10(13)7-15-12-14-6-9-4-2-3-5-11(9)16-12/h2-6,8,10,17H,7,13H2,1H3,(H,14,15,16). The summed E-state index contributed by atoms with van der Waals surface area (Å²) < 4.78 is 0. The largest absolute Gasteiger partial charge is 0.392 e. The number of aliphatic hydroxyl groups excluding tert-OH is 1. The van der Waals surface area contributed by atoms with Crippen LogP contribution >= 0.6 is 0 Å². The first-order chi connectivity index (χ1) is 8.16. The Morgan fingerprint density at radius 1 is 1.41 bits per heavy atom. The van der Waals surface area contributed by atoms with Gasteiger partial charge in [-0.3, -0.25) is 0 Å². The van der Waals surface area contributed by atoms with Crippen molar-refractivity contribution in [2.45, 2.75) is 19.1 Å². The molecule has 0 fully saturated rings. The van der Waals surface area contributed by atoms with Crippen molar-refractivity contribution in [3.8, 4) is 0 Å². The third-order valence-electron chi connectivity index (χ3n) is 2.60. The highest BCUT2D eigenvalue weighted by molar-refractivity contribution is 5.78. The molecule has 0 saturated carbocycles. The van der Waals surface area contributed by atoms with Gasteiger partial charge in [0.2, 0.25) is 5.95 Å². The number of hydrogen-bond acceptors (Lipinski definition) is 5. The van der Waals surface area contributed by atoms with E-state index in [9.17, 15) is 5.11 Å². The van der Waals surface area contributed by atoms with Gasteiger partial charge in [-0.05, 0) is 13.0 Å². The van der Waals surface area contributed by atoms with Gasteiger partial charge in [0.1, 0.15) is 0 Å². The maximum Gasteiger partial charge on any atom is 0.223 e. The molecule has 90 valence electrons. The lowest BCUT2D eigenvalue weighted by Crippen LogP contribution is -2.38. The highest BCUT2D eigenvalue weighted by Crippen LogP contribution is 2.11. The average Bonchev–Trinajstić information content (AvgIpc) is 2.35. The maximum absolute atomic E-state index is 9.26. The summed E-state index contributed by atoms with van der Waals surface area (Å²) in [5.74, 6) is 0.528. The molecule has 0 radical (unpaired) electrons. The first kappa shape index (κ1) is 11.8. The van der Waals surface area contributed by atoms with Crippen LogP contribution in [0.1, 0.15) is 6.92 Å². The quantitative estimate of drug-likeness (QED) is 0.724. The average molecular weight is 232 g/mol. The van der Waals surface area contributed by atoms with Crippen LogP contribution < -0.4 is 11.1 Å². The summed E-state index contributed by atoms with van der Waals surface area (Å²) >= 11 is 0. The lowest BCUT2D eigenvalue weighted by molar-refractivity contribution is 0.168. The van der Waals surface area contributed by atoms with Crippen LogP contribution in [0.3, 0.4) is 0 Å². The lowest BCUT2D eigenvalue weighted by atomic mass is 10.2. The number of aromatic nitrogens is 2. The molecule has 1 heterocycles. The number of rotatable bonds is 4. The Labute approximate surface area is 99.7 Å². The minimum Gasteiger partial charge on any atom is -0.392 e. The van der Waals surface area contributed by atoms with E-state index in [1.165, 1.54) is 0 Å². The van der Waals surface area contributed by atoms with Gasteiger partial charge in [0.05, 0.1) is 11.6 Å². The molecule has 0 aliphatic rings. The molecule has 2 aromatic rings. The van der Waals surface area contributed by atoms with Crippen LogP contribution in [-0.2, 0) is 0 Å². The molecule has 5 nitrogen and oxygen atoms in total. The number of fused-ring (bicyclic) bond motifs is 1. The zero-order chi connectivity index (χ0) is 12.3. The molecule has 2 unspecified atom stereocenters. The highest BCUT2D eigenvalue weighted by Gasteiger charge is 2.09. The van der Waals surface area contributed by atoms with Crippen LogP contribution in [0.15, 0.2) is 30.5 Å². The second kappa shape index (κ2) is 5.07. The smallest absolute Gasteiger partial charge is 0.223 e. The molecule has 2 atom stereocenters. The van der Waals surface area contributed by atoms with Crippen LogP contribution in [0.4, 0.5) is 5.95 Å². The van der Waals surface area contributed by atoms with E-state index in [4.69, 9.17) is 5.73 Å². The third kappa shape index (κ3) is 2.89. The summed E-state index contributed by atoms with van der Waals surface area (Å²) in [6.45, 7) is 2.10. The fraction of sp³-hybridized carbons (Fsp3) is 0.333. The molecule has 0 bridgehead atoms. The van der Waals surface area contributed by atoms with E-state index in [-0.39, 0.29) is 6.04 Å². The number of anilines is 1. The topological polar surface area (TPSA) is 84.1 Å². The Kier molecular flexibility index (Phi) is 3.51. The number of nitrogens with two attached hydrogens (primary N) is 1. The zero-order valence-electron chi connectivity index (χ0n) is 9.67. The number of nitrogens with zero attached hydrogens (tertiary/aromatic N) is 2. The molecule has 0 amide bonds. The summed E-state index contributed by atoms with van der Waals surface area (Å²) in [5, 5.41) is 13.3. The lowest BCUT2D eigenvalue weighted by Gasteiger charge is -2.15. The summed E-state index contributed by atoms with van der Waals surface area (Å²) in [6, 6.07) is 7.44. The van der Waals surface area contributed by atoms with Crippen LogP contribution in [-0.4, -0.2) is 33.8 Å². The van der Waals surface area contributed by atoms with Crippen molar-refractivity contribution in [3.05, 3.63) is 30.5 Å². The molecular formula is C12H16N4O. The molecule has 0 aliphatic heterocycles. The van der Waals surface area contributed by atoms with Crippen molar-refractivity contribution in [2.24, 2.45) is 5.73 Å². The fourth-order valence-electron chi connectivity index (χ4n) is 1.44. The normalized spacial score (nSPS) is 14.5. The Morgan fingerprint density at radius 2 is 2.18 bits per heavy atom. The van der Waals surface area contributed by atoms with Gasteiger partial charge in [0, 0.05) is 24.2 Å². The predicted octanol–water partition coefficient (Wildman–Crippen LogP) is 0.750. The highest BCUT2D eigenvalue weighted by atomic mass is 16.3. The van der Waals surface area contributed by atoms with Crippen molar-refractivity contribution in [2.75, 3.05) is 11.9 Å². The van der Waals surface area contributed by atoms with Gasteiger partial charge >= 0.3 is 0 Å². The Hall–Kier alpha value is -1.72. The molecule has 0 aliphatic carbocycles. The van der Waals surface area contributed by atoms with Crippen LogP contribution in [0.5, 0.6) is 0 Å². The summed E-state index contributed by atoms with van der Waals surface area (Å²) in [5.41, 5.74) is 6.59. The molecule has 0 spiro atoms. The van der Waals surface area contributed by atoms with Crippen LogP contribution in [0, 0.1) is 0 Å². The number of para-hydroxylation sites is 1. The van der Waals surface area contributed by atoms with Gasteiger partial charge in [-0.25, -0.2) is 9.97 Å². The van der Waals surface area contributed by atoms with E-state index in [2.05, 4.69) is 15.3 Å². The molecule has 17 heavy (non-hydrogen) atoms. The van der Waals surface area contributed by atoms with E-state index < -0.39 is 6.10 Å². The minimum absolute atomic E-state index is 0.329. The van der Waals surface area contributed by atoms with Crippen molar-refractivity contribution in [1.82, 2.24) is 9.97 Å². The van der Waals surface area contributed by atoms with Gasteiger partial charge in [-0.1, -0.05) is 18.2 Å². The molecule has 1 aromatic heterocycles. The molecule has 2 rings (SSSR count). The second-order valence-electron chi connectivity index (χ2n) is 4.04. The number of hydrogen-bond donors (Lipinski definition) is 3. The number of benzene rings is 1. The van der Waals surface area contributed by atoms with E-state index in [0.29, 0.717) is 12.5 Å². The SMILES string of the molecule is CC(O)C(N)CNc1ncc2ccccc2n1. The zero-order valence-corrected chi connectivity index (χ0v) is 9.67. The van der Waals surface area contributed by atoms with Gasteiger partial charge < -0.3 is 16.2 Å². The first-order valence-electron chi connectivity index (χ1n) is 5.56. The molecule has 1 aromatic carbocycles. The van der Waals surface area contributed by atoms with E-state index in [1.807, 2.05) is 24.3 Å². The molecule has 5 heteroatoms. The van der Waals surface area contributed by atoms with E-state index in [1.54, 1.807) is 13.1 Å². The molecule has 4 N–H and O–H groups in total. The molecule has 0 saturated heterocycles. The van der Waals surface area contributed by atoms with Gasteiger partial charge in [0.25, 0.3) is 0 Å². The van der Waals surface area contributed by atoms with Crippen molar-refractivity contribution in [1.29, 1.82) is 0 Å². The number of aliphatic hydroxyl groups is 1. The summed E-state index contributed by atoms with van der Waals surface area (Å²) in [7, 11) is 0. The Bertz CT molecular complexity index is 501. The Morgan fingerprint density at radius 3 is 2.94 bits per heavy atom. The van der Waals surface area contributed by atoms with Crippen molar-refractivity contribution < 1.29 is 5.11 Å². The maximum atomic E-state index is 9.26. The molecular weight excluding hydrogens is 216 g/mol. The van der Waals surface area contributed by atoms with Crippen LogP contribution in [0.25, 0.3) is 10.9 Å². The van der Waals surface area contributed by atoms with Gasteiger partial charge in [-0.2, -0.15) is 0 Å². The minimum atomic E-state index is -0.553. The van der Waals surface area contributed by atoms with E-state index >= 15 is 0 Å². The Balaban J connectivity index is 2.09. The van der Waals surface area contributed by atoms with E-state index in [0.717, 1.165) is 10.9 Å². The predicted molar refractivity (Wildman–Crippen MR) is 67.7 cm³/mol. The summed E-state index contributed by atoms with van der Waals surface area (Å²) in [6.07, 6.45) is 1.21. The monoisotopic (exact) mass is 232 g/mol.